The standard InChI is InChI=1S/C33H35N3O4S/c1-21-17-26-27(30(38)34-18-22-11-5-2-6-12-22)28-32(40)36(25(20-37)24-15-9-4-10-16-24)29(33(21,28)41-26)31(39)35-19-23-13-7-3-8-14-23/h2-16,21,25-29,37H,17-20H2,1H3,(H,34,38)(H,35,39)/t21?,25-,26+,27-,28+,29?,33?/m1/s1. The smallest absolute Gasteiger partial charge is 0.244 e. The summed E-state index contributed by atoms with van der Waals surface area (Å²) in [6.07, 6.45) is 0.753. The van der Waals surface area contributed by atoms with E-state index in [1.54, 1.807) is 16.7 Å². The number of carbonyl (C=O) groups is 3. The van der Waals surface area contributed by atoms with Crippen molar-refractivity contribution in [2.75, 3.05) is 6.61 Å². The minimum Gasteiger partial charge on any atom is -0.394 e. The highest BCUT2D eigenvalue weighted by Gasteiger charge is 2.76. The largest absolute Gasteiger partial charge is 0.394 e. The first kappa shape index (κ1) is 27.5. The van der Waals surface area contributed by atoms with Crippen LogP contribution in [-0.4, -0.2) is 50.4 Å². The summed E-state index contributed by atoms with van der Waals surface area (Å²) in [6.45, 7) is 2.49. The molecule has 3 N–H and O–H groups in total. The second-order valence-electron chi connectivity index (χ2n) is 11.3. The predicted molar refractivity (Wildman–Crippen MR) is 158 cm³/mol. The summed E-state index contributed by atoms with van der Waals surface area (Å²) in [5.41, 5.74) is 2.71. The van der Waals surface area contributed by atoms with Gasteiger partial charge in [0, 0.05) is 18.3 Å². The van der Waals surface area contributed by atoms with E-state index in [0.717, 1.165) is 23.1 Å². The fourth-order valence-electron chi connectivity index (χ4n) is 7.21. The Balaban J connectivity index is 1.35. The Morgan fingerprint density at radius 2 is 1.44 bits per heavy atom. The van der Waals surface area contributed by atoms with E-state index in [9.17, 15) is 19.5 Å². The molecule has 0 aliphatic carbocycles. The summed E-state index contributed by atoms with van der Waals surface area (Å²) >= 11 is 1.64. The number of carbonyl (C=O) groups excluding carboxylic acids is 3. The Morgan fingerprint density at radius 3 is 2.00 bits per heavy atom. The summed E-state index contributed by atoms with van der Waals surface area (Å²) in [4.78, 5) is 44.1. The van der Waals surface area contributed by atoms with Crippen LogP contribution in [0.2, 0.25) is 0 Å². The Kier molecular flexibility index (Phi) is 7.62. The Labute approximate surface area is 244 Å². The Hall–Kier alpha value is -3.62. The highest BCUT2D eigenvalue weighted by atomic mass is 32.2. The van der Waals surface area contributed by atoms with Gasteiger partial charge in [0.2, 0.25) is 17.7 Å². The number of hydrogen-bond donors (Lipinski definition) is 3. The van der Waals surface area contributed by atoms with Gasteiger partial charge in [-0.1, -0.05) is 97.9 Å². The van der Waals surface area contributed by atoms with E-state index < -0.39 is 28.7 Å². The molecule has 3 aromatic rings. The quantitative estimate of drug-likeness (QED) is 0.365. The van der Waals surface area contributed by atoms with Gasteiger partial charge in [-0.3, -0.25) is 14.4 Å². The molecule has 3 heterocycles. The molecule has 7 atom stereocenters. The highest BCUT2D eigenvalue weighted by molar-refractivity contribution is 8.02. The molecule has 3 unspecified atom stereocenters. The third kappa shape index (κ3) is 4.73. The molecule has 0 aromatic heterocycles. The summed E-state index contributed by atoms with van der Waals surface area (Å²) in [5.74, 6) is -1.78. The van der Waals surface area contributed by atoms with Crippen LogP contribution in [0.5, 0.6) is 0 Å². The maximum Gasteiger partial charge on any atom is 0.244 e. The number of rotatable bonds is 9. The number of amides is 3. The van der Waals surface area contributed by atoms with Crippen LogP contribution < -0.4 is 10.6 Å². The SMILES string of the molecule is CC1C[C@@H]2SC13C(C(=O)NCc1ccccc1)N([C@H](CO)c1ccccc1)C(=O)[C@@H]3[C@@H]2C(=O)NCc1ccccc1. The van der Waals surface area contributed by atoms with E-state index in [1.807, 2.05) is 91.0 Å². The van der Waals surface area contributed by atoms with Gasteiger partial charge in [0.1, 0.15) is 6.04 Å². The maximum atomic E-state index is 14.5. The first-order valence-corrected chi connectivity index (χ1v) is 15.1. The normalized spacial score (nSPS) is 28.8. The Bertz CT molecular complexity index is 1410. The van der Waals surface area contributed by atoms with E-state index in [-0.39, 0.29) is 35.5 Å². The minimum absolute atomic E-state index is 0.0391. The number of nitrogens with one attached hydrogen (secondary N) is 2. The zero-order valence-corrected chi connectivity index (χ0v) is 23.8. The van der Waals surface area contributed by atoms with Crippen LogP contribution >= 0.6 is 11.8 Å². The third-order valence-corrected chi connectivity index (χ3v) is 11.1. The monoisotopic (exact) mass is 569 g/mol. The molecule has 3 aliphatic heterocycles. The van der Waals surface area contributed by atoms with Crippen molar-refractivity contribution in [1.82, 2.24) is 15.5 Å². The van der Waals surface area contributed by atoms with Gasteiger partial charge in [-0.2, -0.15) is 0 Å². The molecule has 1 spiro atoms. The molecule has 7 nitrogen and oxygen atoms in total. The molecular formula is C33H35N3O4S. The lowest BCUT2D eigenvalue weighted by Crippen LogP contribution is -2.57. The number of nitrogens with zero attached hydrogens (tertiary/aromatic N) is 1. The van der Waals surface area contributed by atoms with Crippen LogP contribution in [-0.2, 0) is 27.5 Å². The maximum absolute atomic E-state index is 14.5. The molecule has 212 valence electrons. The number of benzene rings is 3. The number of likely N-dealkylation sites (tertiary alicyclic amines) is 1. The fourth-order valence-corrected chi connectivity index (χ4v) is 9.62. The predicted octanol–water partition coefficient (Wildman–Crippen LogP) is 3.69. The molecule has 3 amide bonds. The van der Waals surface area contributed by atoms with Crippen molar-refractivity contribution >= 4 is 29.5 Å². The molecule has 0 saturated carbocycles. The summed E-state index contributed by atoms with van der Waals surface area (Å²) in [6, 6.07) is 27.2. The Morgan fingerprint density at radius 1 is 0.902 bits per heavy atom. The summed E-state index contributed by atoms with van der Waals surface area (Å²) in [7, 11) is 0. The molecule has 0 radical (unpaired) electrons. The number of aliphatic hydroxyl groups is 1. The van der Waals surface area contributed by atoms with E-state index in [4.69, 9.17) is 0 Å². The minimum atomic E-state index is -0.821. The lowest BCUT2D eigenvalue weighted by atomic mass is 9.66. The van der Waals surface area contributed by atoms with Crippen molar-refractivity contribution in [1.29, 1.82) is 0 Å². The van der Waals surface area contributed by atoms with Crippen molar-refractivity contribution in [2.45, 2.75) is 48.5 Å². The average molecular weight is 570 g/mol. The van der Waals surface area contributed by atoms with Gasteiger partial charge in [-0.05, 0) is 29.0 Å². The second kappa shape index (κ2) is 11.3. The fraction of sp³-hybridized carbons (Fsp3) is 0.364. The molecule has 8 heteroatoms. The number of aliphatic hydroxyl groups excluding tert-OH is 1. The van der Waals surface area contributed by atoms with Crippen LogP contribution in [0.4, 0.5) is 0 Å². The third-order valence-electron chi connectivity index (χ3n) is 9.05. The van der Waals surface area contributed by atoms with Crippen LogP contribution in [0.1, 0.15) is 36.1 Å². The van der Waals surface area contributed by atoms with Crippen LogP contribution in [0, 0.1) is 17.8 Å². The van der Waals surface area contributed by atoms with Crippen LogP contribution in [0.3, 0.4) is 0 Å². The van der Waals surface area contributed by atoms with Gasteiger partial charge in [-0.15, -0.1) is 11.8 Å². The molecule has 3 fully saturated rings. The van der Waals surface area contributed by atoms with Crippen LogP contribution in [0.15, 0.2) is 91.0 Å². The van der Waals surface area contributed by atoms with Gasteiger partial charge in [0.05, 0.1) is 29.2 Å². The molecular weight excluding hydrogens is 534 g/mol. The zero-order valence-electron chi connectivity index (χ0n) is 23.0. The van der Waals surface area contributed by atoms with Crippen LogP contribution in [0.25, 0.3) is 0 Å². The number of hydrogen-bond acceptors (Lipinski definition) is 5. The highest BCUT2D eigenvalue weighted by Crippen LogP contribution is 2.69. The lowest BCUT2D eigenvalue weighted by molar-refractivity contribution is -0.143. The molecule has 6 rings (SSSR count). The van der Waals surface area contributed by atoms with E-state index in [0.29, 0.717) is 13.1 Å². The number of fused-ring (bicyclic) bond motifs is 1. The second-order valence-corrected chi connectivity index (χ2v) is 12.9. The van der Waals surface area contributed by atoms with Gasteiger partial charge < -0.3 is 20.6 Å². The van der Waals surface area contributed by atoms with Crippen molar-refractivity contribution < 1.29 is 19.5 Å². The average Bonchev–Trinajstić information content (AvgIpc) is 3.60. The lowest BCUT2D eigenvalue weighted by Gasteiger charge is -2.40. The summed E-state index contributed by atoms with van der Waals surface area (Å²) < 4.78 is -0.764. The first-order chi connectivity index (χ1) is 20.0. The van der Waals surface area contributed by atoms with Crippen molar-refractivity contribution in [2.24, 2.45) is 17.8 Å². The molecule has 3 saturated heterocycles. The first-order valence-electron chi connectivity index (χ1n) is 14.2. The van der Waals surface area contributed by atoms with Gasteiger partial charge in [0.15, 0.2) is 0 Å². The van der Waals surface area contributed by atoms with Crippen molar-refractivity contribution in [3.8, 4) is 0 Å². The van der Waals surface area contributed by atoms with Crippen molar-refractivity contribution in [3.63, 3.8) is 0 Å². The molecule has 2 bridgehead atoms. The van der Waals surface area contributed by atoms with Gasteiger partial charge in [0.25, 0.3) is 0 Å². The van der Waals surface area contributed by atoms with Gasteiger partial charge in [-0.25, -0.2) is 0 Å². The summed E-state index contributed by atoms with van der Waals surface area (Å²) in [5, 5.41) is 16.8. The van der Waals surface area contributed by atoms with E-state index in [1.165, 1.54) is 0 Å². The number of thioether (sulfide) groups is 1. The zero-order chi connectivity index (χ0) is 28.6. The van der Waals surface area contributed by atoms with E-state index >= 15 is 0 Å². The topological polar surface area (TPSA) is 98.7 Å². The van der Waals surface area contributed by atoms with E-state index in [2.05, 4.69) is 17.6 Å². The van der Waals surface area contributed by atoms with Gasteiger partial charge >= 0.3 is 0 Å². The molecule has 3 aromatic carbocycles. The molecule has 41 heavy (non-hydrogen) atoms. The van der Waals surface area contributed by atoms with Crippen molar-refractivity contribution in [3.05, 3.63) is 108 Å². The molecule has 3 aliphatic rings.